The SMILES string of the molecule is CCCC(C)NCCOc1cccnc1. The van der Waals surface area contributed by atoms with Crippen molar-refractivity contribution in [3.05, 3.63) is 24.5 Å². The van der Waals surface area contributed by atoms with Crippen molar-refractivity contribution in [1.29, 1.82) is 0 Å². The Kier molecular flexibility index (Phi) is 5.78. The minimum atomic E-state index is 0.576. The summed E-state index contributed by atoms with van der Waals surface area (Å²) in [6.07, 6.45) is 5.91. The summed E-state index contributed by atoms with van der Waals surface area (Å²) in [4.78, 5) is 3.98. The van der Waals surface area contributed by atoms with Gasteiger partial charge in [-0.3, -0.25) is 4.98 Å². The van der Waals surface area contributed by atoms with Crippen molar-refractivity contribution in [2.24, 2.45) is 0 Å². The fourth-order valence-corrected chi connectivity index (χ4v) is 1.44. The van der Waals surface area contributed by atoms with E-state index in [4.69, 9.17) is 4.74 Å². The van der Waals surface area contributed by atoms with Crippen LogP contribution in [0.2, 0.25) is 0 Å². The highest BCUT2D eigenvalue weighted by Gasteiger charge is 1.98. The van der Waals surface area contributed by atoms with E-state index < -0.39 is 0 Å². The van der Waals surface area contributed by atoms with E-state index >= 15 is 0 Å². The maximum Gasteiger partial charge on any atom is 0.137 e. The molecule has 15 heavy (non-hydrogen) atoms. The molecule has 0 aliphatic heterocycles. The van der Waals surface area contributed by atoms with Crippen LogP contribution >= 0.6 is 0 Å². The van der Waals surface area contributed by atoms with Gasteiger partial charge in [0.05, 0.1) is 6.20 Å². The van der Waals surface area contributed by atoms with Crippen molar-refractivity contribution in [2.45, 2.75) is 32.7 Å². The molecule has 0 bridgehead atoms. The number of nitrogens with zero attached hydrogens (tertiary/aromatic N) is 1. The second-order valence-electron chi connectivity index (χ2n) is 3.68. The molecule has 0 aliphatic carbocycles. The first-order chi connectivity index (χ1) is 7.33. The Balaban J connectivity index is 2.07. The van der Waals surface area contributed by atoms with Crippen molar-refractivity contribution in [3.63, 3.8) is 0 Å². The van der Waals surface area contributed by atoms with Crippen molar-refractivity contribution >= 4 is 0 Å². The molecule has 0 aliphatic rings. The second kappa shape index (κ2) is 7.23. The molecule has 0 saturated carbocycles. The normalized spacial score (nSPS) is 12.4. The van der Waals surface area contributed by atoms with E-state index in [9.17, 15) is 0 Å². The molecule has 3 heteroatoms. The smallest absolute Gasteiger partial charge is 0.137 e. The molecule has 1 aromatic heterocycles. The van der Waals surface area contributed by atoms with Gasteiger partial charge >= 0.3 is 0 Å². The molecular formula is C12H20N2O. The lowest BCUT2D eigenvalue weighted by atomic mass is 10.2. The quantitative estimate of drug-likeness (QED) is 0.698. The summed E-state index contributed by atoms with van der Waals surface area (Å²) in [5, 5.41) is 3.41. The third-order valence-corrected chi connectivity index (χ3v) is 2.22. The monoisotopic (exact) mass is 208 g/mol. The minimum absolute atomic E-state index is 0.576. The Morgan fingerprint density at radius 1 is 1.53 bits per heavy atom. The third-order valence-electron chi connectivity index (χ3n) is 2.22. The molecule has 0 aromatic carbocycles. The molecule has 84 valence electrons. The van der Waals surface area contributed by atoms with Crippen LogP contribution < -0.4 is 10.1 Å². The van der Waals surface area contributed by atoms with Crippen LogP contribution in [0.5, 0.6) is 5.75 Å². The molecule has 1 unspecified atom stereocenters. The largest absolute Gasteiger partial charge is 0.491 e. The van der Waals surface area contributed by atoms with E-state index in [1.54, 1.807) is 12.4 Å². The Bertz CT molecular complexity index is 251. The van der Waals surface area contributed by atoms with Gasteiger partial charge in [-0.25, -0.2) is 0 Å². The van der Waals surface area contributed by atoms with Gasteiger partial charge in [0.25, 0.3) is 0 Å². The van der Waals surface area contributed by atoms with E-state index in [1.165, 1.54) is 12.8 Å². The predicted octanol–water partition coefficient (Wildman–Crippen LogP) is 2.24. The first kappa shape index (κ1) is 12.0. The van der Waals surface area contributed by atoms with Crippen LogP contribution in [-0.4, -0.2) is 24.2 Å². The van der Waals surface area contributed by atoms with Crippen LogP contribution in [0.4, 0.5) is 0 Å². The summed E-state index contributed by atoms with van der Waals surface area (Å²) in [6.45, 7) is 5.98. The van der Waals surface area contributed by atoms with Crippen LogP contribution in [0.25, 0.3) is 0 Å². The van der Waals surface area contributed by atoms with Crippen LogP contribution in [0.1, 0.15) is 26.7 Å². The first-order valence-corrected chi connectivity index (χ1v) is 5.59. The molecule has 0 radical (unpaired) electrons. The average Bonchev–Trinajstić information content (AvgIpc) is 2.26. The molecule has 1 rings (SSSR count). The summed E-state index contributed by atoms with van der Waals surface area (Å²) >= 11 is 0. The van der Waals surface area contributed by atoms with Crippen molar-refractivity contribution in [3.8, 4) is 5.75 Å². The van der Waals surface area contributed by atoms with Gasteiger partial charge in [-0.15, -0.1) is 0 Å². The highest BCUT2D eigenvalue weighted by atomic mass is 16.5. The summed E-state index contributed by atoms with van der Waals surface area (Å²) < 4.78 is 5.51. The number of aromatic nitrogens is 1. The number of nitrogens with one attached hydrogen (secondary N) is 1. The Morgan fingerprint density at radius 3 is 3.07 bits per heavy atom. The van der Waals surface area contributed by atoms with Gasteiger partial charge in [-0.1, -0.05) is 13.3 Å². The fraction of sp³-hybridized carbons (Fsp3) is 0.583. The highest BCUT2D eigenvalue weighted by molar-refractivity contribution is 5.15. The van der Waals surface area contributed by atoms with Crippen LogP contribution in [-0.2, 0) is 0 Å². The summed E-state index contributed by atoms with van der Waals surface area (Å²) in [6, 6.07) is 4.37. The van der Waals surface area contributed by atoms with E-state index in [0.29, 0.717) is 12.6 Å². The molecule has 0 spiro atoms. The summed E-state index contributed by atoms with van der Waals surface area (Å²) in [7, 11) is 0. The van der Waals surface area contributed by atoms with Gasteiger partial charge in [0.1, 0.15) is 12.4 Å². The van der Waals surface area contributed by atoms with Crippen molar-refractivity contribution in [2.75, 3.05) is 13.2 Å². The maximum atomic E-state index is 5.51. The second-order valence-corrected chi connectivity index (χ2v) is 3.68. The van der Waals surface area contributed by atoms with E-state index in [1.807, 2.05) is 12.1 Å². The predicted molar refractivity (Wildman–Crippen MR) is 62.1 cm³/mol. The standard InChI is InChI=1S/C12H20N2O/c1-3-5-11(2)14-8-9-15-12-6-4-7-13-10-12/h4,6-7,10-11,14H,3,5,8-9H2,1-2H3. The Labute approximate surface area is 91.9 Å². The molecule has 1 aromatic rings. The molecule has 1 N–H and O–H groups in total. The van der Waals surface area contributed by atoms with Gasteiger partial charge in [-0.05, 0) is 25.5 Å². The number of hydrogen-bond acceptors (Lipinski definition) is 3. The van der Waals surface area contributed by atoms with Gasteiger partial charge in [-0.2, -0.15) is 0 Å². The number of rotatable bonds is 7. The zero-order valence-electron chi connectivity index (χ0n) is 9.57. The lowest BCUT2D eigenvalue weighted by molar-refractivity contribution is 0.304. The number of hydrogen-bond donors (Lipinski definition) is 1. The molecule has 0 amide bonds. The van der Waals surface area contributed by atoms with Gasteiger partial charge in [0.15, 0.2) is 0 Å². The van der Waals surface area contributed by atoms with Crippen LogP contribution in [0, 0.1) is 0 Å². The molecular weight excluding hydrogens is 188 g/mol. The van der Waals surface area contributed by atoms with Crippen molar-refractivity contribution in [1.82, 2.24) is 10.3 Å². The zero-order chi connectivity index (χ0) is 10.9. The summed E-state index contributed by atoms with van der Waals surface area (Å²) in [5.41, 5.74) is 0. The zero-order valence-corrected chi connectivity index (χ0v) is 9.57. The molecule has 3 nitrogen and oxygen atoms in total. The van der Waals surface area contributed by atoms with Gasteiger partial charge < -0.3 is 10.1 Å². The fourth-order valence-electron chi connectivity index (χ4n) is 1.44. The van der Waals surface area contributed by atoms with E-state index in [0.717, 1.165) is 12.3 Å². The summed E-state index contributed by atoms with van der Waals surface area (Å²) in [5.74, 6) is 0.836. The lowest BCUT2D eigenvalue weighted by Crippen LogP contribution is -2.29. The third kappa shape index (κ3) is 5.37. The van der Waals surface area contributed by atoms with E-state index in [2.05, 4.69) is 24.1 Å². The number of pyridine rings is 1. The lowest BCUT2D eigenvalue weighted by Gasteiger charge is -2.12. The Morgan fingerprint density at radius 2 is 2.40 bits per heavy atom. The molecule has 1 atom stereocenters. The molecule has 0 fully saturated rings. The van der Waals surface area contributed by atoms with Gasteiger partial charge in [0, 0.05) is 18.8 Å². The number of ether oxygens (including phenoxy) is 1. The van der Waals surface area contributed by atoms with Gasteiger partial charge in [0.2, 0.25) is 0 Å². The highest BCUT2D eigenvalue weighted by Crippen LogP contribution is 2.05. The van der Waals surface area contributed by atoms with Crippen LogP contribution in [0.15, 0.2) is 24.5 Å². The Hall–Kier alpha value is -1.09. The first-order valence-electron chi connectivity index (χ1n) is 5.59. The maximum absolute atomic E-state index is 5.51. The molecule has 0 saturated heterocycles. The average molecular weight is 208 g/mol. The van der Waals surface area contributed by atoms with Crippen LogP contribution in [0.3, 0.4) is 0 Å². The van der Waals surface area contributed by atoms with E-state index in [-0.39, 0.29) is 0 Å². The molecule has 1 heterocycles. The topological polar surface area (TPSA) is 34.1 Å². The minimum Gasteiger partial charge on any atom is -0.491 e. The van der Waals surface area contributed by atoms with Crippen molar-refractivity contribution < 1.29 is 4.74 Å².